The van der Waals surface area contributed by atoms with Crippen molar-refractivity contribution in [3.05, 3.63) is 35.7 Å². The van der Waals surface area contributed by atoms with Crippen molar-refractivity contribution in [1.82, 2.24) is 14.7 Å². The Labute approximate surface area is 170 Å². The third kappa shape index (κ3) is 4.51. The molecule has 1 saturated heterocycles. The van der Waals surface area contributed by atoms with E-state index in [1.54, 1.807) is 11.8 Å². The molecule has 2 heterocycles. The van der Waals surface area contributed by atoms with Crippen molar-refractivity contribution >= 4 is 23.2 Å². The average molecular weight is 400 g/mol. The van der Waals surface area contributed by atoms with E-state index in [9.17, 15) is 9.59 Å². The third-order valence-electron chi connectivity index (χ3n) is 5.38. The molecule has 1 aliphatic rings. The molecular weight excluding hydrogens is 372 g/mol. The number of hydrogen-bond acceptors (Lipinski definition) is 6. The number of nitrogens with zero attached hydrogens (tertiary/aromatic N) is 4. The number of carbonyl (C=O) groups is 2. The fraction of sp³-hybridized carbons (Fsp3) is 0.450. The van der Waals surface area contributed by atoms with Gasteiger partial charge in [-0.3, -0.25) is 19.2 Å². The molecule has 1 unspecified atom stereocenters. The highest BCUT2D eigenvalue weighted by atomic mass is 16.5. The summed E-state index contributed by atoms with van der Waals surface area (Å²) >= 11 is 0. The molecule has 0 aliphatic carbocycles. The summed E-state index contributed by atoms with van der Waals surface area (Å²) in [6.07, 6.45) is 0. The number of ether oxygens (including phenoxy) is 1. The van der Waals surface area contributed by atoms with Crippen LogP contribution in [0.25, 0.3) is 0 Å². The summed E-state index contributed by atoms with van der Waals surface area (Å²) < 4.78 is 6.92. The first-order chi connectivity index (χ1) is 13.8. The molecule has 1 atom stereocenters. The lowest BCUT2D eigenvalue weighted by molar-refractivity contribution is -0.125. The van der Waals surface area contributed by atoms with E-state index >= 15 is 0 Å². The van der Waals surface area contributed by atoms with Gasteiger partial charge in [0.15, 0.2) is 0 Å². The Kier molecular flexibility index (Phi) is 6.07. The van der Waals surface area contributed by atoms with Gasteiger partial charge in [0.05, 0.1) is 30.7 Å². The number of piperazine rings is 1. The predicted octanol–water partition coefficient (Wildman–Crippen LogP) is 0.660. The molecule has 0 spiro atoms. The number of anilines is 2. The van der Waals surface area contributed by atoms with Gasteiger partial charge in [-0.25, -0.2) is 0 Å². The maximum atomic E-state index is 12.6. The predicted molar refractivity (Wildman–Crippen MR) is 111 cm³/mol. The lowest BCUT2D eigenvalue weighted by Crippen LogP contribution is -2.59. The number of hydrogen-bond donors (Lipinski definition) is 2. The number of aromatic nitrogens is 2. The Balaban J connectivity index is 1.66. The lowest BCUT2D eigenvalue weighted by atomic mass is 10.1. The van der Waals surface area contributed by atoms with E-state index in [-0.39, 0.29) is 12.5 Å². The molecule has 1 aromatic carbocycles. The summed E-state index contributed by atoms with van der Waals surface area (Å²) in [5.74, 6) is 0.148. The summed E-state index contributed by atoms with van der Waals surface area (Å²) in [5, 5.41) is 7.23. The highest BCUT2D eigenvalue weighted by Crippen LogP contribution is 2.23. The van der Waals surface area contributed by atoms with E-state index in [1.807, 2.05) is 50.1 Å². The van der Waals surface area contributed by atoms with E-state index in [0.717, 1.165) is 22.8 Å². The highest BCUT2D eigenvalue weighted by molar-refractivity contribution is 5.94. The number of aryl methyl sites for hydroxylation is 2. The number of methoxy groups -OCH3 is 1. The molecular formula is C20H28N6O3. The number of nitrogens with two attached hydrogens (primary N) is 1. The normalized spacial score (nSPS) is 17.2. The molecule has 9 nitrogen and oxygen atoms in total. The second-order valence-corrected chi connectivity index (χ2v) is 7.25. The van der Waals surface area contributed by atoms with Gasteiger partial charge in [-0.1, -0.05) is 0 Å². The molecule has 3 N–H and O–H groups in total. The van der Waals surface area contributed by atoms with Gasteiger partial charge in [0, 0.05) is 32.4 Å². The first-order valence-corrected chi connectivity index (χ1v) is 9.52. The number of nitrogens with one attached hydrogen (secondary N) is 1. The minimum atomic E-state index is -0.548. The summed E-state index contributed by atoms with van der Waals surface area (Å²) in [5.41, 5.74) is 8.99. The highest BCUT2D eigenvalue weighted by Gasteiger charge is 2.32. The first-order valence-electron chi connectivity index (χ1n) is 9.52. The molecule has 0 radical (unpaired) electrons. The molecule has 1 fully saturated rings. The molecule has 29 heavy (non-hydrogen) atoms. The van der Waals surface area contributed by atoms with Crippen LogP contribution in [0.2, 0.25) is 0 Å². The maximum Gasteiger partial charge on any atom is 0.238 e. The fourth-order valence-electron chi connectivity index (χ4n) is 3.63. The monoisotopic (exact) mass is 400 g/mol. The minimum Gasteiger partial charge on any atom is -0.497 e. The third-order valence-corrected chi connectivity index (χ3v) is 5.38. The Bertz CT molecular complexity index is 892. The number of primary amides is 1. The van der Waals surface area contributed by atoms with Crippen molar-refractivity contribution < 1.29 is 14.3 Å². The van der Waals surface area contributed by atoms with Crippen LogP contribution in [0.1, 0.15) is 11.4 Å². The number of amides is 2. The molecule has 3 rings (SSSR count). The van der Waals surface area contributed by atoms with Crippen molar-refractivity contribution in [2.75, 3.05) is 43.5 Å². The van der Waals surface area contributed by atoms with E-state index in [4.69, 9.17) is 10.5 Å². The van der Waals surface area contributed by atoms with Gasteiger partial charge in [-0.2, -0.15) is 5.10 Å². The maximum absolute atomic E-state index is 12.6. The van der Waals surface area contributed by atoms with Crippen LogP contribution in [0.5, 0.6) is 5.75 Å². The van der Waals surface area contributed by atoms with E-state index in [1.165, 1.54) is 0 Å². The van der Waals surface area contributed by atoms with Crippen molar-refractivity contribution in [1.29, 1.82) is 0 Å². The first kappa shape index (κ1) is 20.7. The number of benzene rings is 1. The van der Waals surface area contributed by atoms with Gasteiger partial charge in [0.2, 0.25) is 11.8 Å². The minimum absolute atomic E-state index is 0.0951. The molecule has 1 aromatic heterocycles. The lowest BCUT2D eigenvalue weighted by Gasteiger charge is -2.40. The molecule has 1 aliphatic heterocycles. The summed E-state index contributed by atoms with van der Waals surface area (Å²) in [7, 11) is 3.45. The van der Waals surface area contributed by atoms with Crippen molar-refractivity contribution in [3.8, 4) is 5.75 Å². The van der Waals surface area contributed by atoms with E-state index < -0.39 is 11.9 Å². The van der Waals surface area contributed by atoms with Crippen molar-refractivity contribution in [2.45, 2.75) is 19.9 Å². The Morgan fingerprint density at radius 1 is 1.24 bits per heavy atom. The van der Waals surface area contributed by atoms with Crippen molar-refractivity contribution in [3.63, 3.8) is 0 Å². The van der Waals surface area contributed by atoms with Gasteiger partial charge in [-0.05, 0) is 38.1 Å². The SMILES string of the molecule is COc1ccc(N2CCN(CC(=O)Nc3c(C)nn(C)c3C)C(C(N)=O)C2)cc1. The second kappa shape index (κ2) is 8.52. The molecule has 156 valence electrons. The van der Waals surface area contributed by atoms with E-state index in [2.05, 4.69) is 15.3 Å². The quantitative estimate of drug-likeness (QED) is 0.738. The topological polar surface area (TPSA) is 106 Å². The van der Waals surface area contributed by atoms with Gasteiger partial charge in [0.1, 0.15) is 11.8 Å². The average Bonchev–Trinajstić information content (AvgIpc) is 2.94. The second-order valence-electron chi connectivity index (χ2n) is 7.25. The zero-order chi connectivity index (χ0) is 21.1. The Hall–Kier alpha value is -3.07. The van der Waals surface area contributed by atoms with Crippen LogP contribution in [-0.4, -0.2) is 65.8 Å². The molecule has 0 bridgehead atoms. The van der Waals surface area contributed by atoms with Crippen LogP contribution in [0.4, 0.5) is 11.4 Å². The summed E-state index contributed by atoms with van der Waals surface area (Å²) in [4.78, 5) is 28.6. The number of carbonyl (C=O) groups excluding carboxylic acids is 2. The van der Waals surface area contributed by atoms with Gasteiger partial charge in [0.25, 0.3) is 0 Å². The number of rotatable bonds is 6. The Morgan fingerprint density at radius 3 is 2.48 bits per heavy atom. The van der Waals surface area contributed by atoms with Gasteiger partial charge < -0.3 is 20.7 Å². The van der Waals surface area contributed by atoms with Gasteiger partial charge in [-0.15, -0.1) is 0 Å². The molecule has 0 saturated carbocycles. The van der Waals surface area contributed by atoms with Crippen LogP contribution in [0.15, 0.2) is 24.3 Å². The standard InChI is InChI=1S/C20H28N6O3/c1-13-19(14(2)24(3)23-13)22-18(27)12-26-10-9-25(11-17(26)20(21)28)15-5-7-16(29-4)8-6-15/h5-8,17H,9-12H2,1-4H3,(H2,21,28)(H,22,27). The van der Waals surface area contributed by atoms with E-state index in [0.29, 0.717) is 25.3 Å². The zero-order valence-corrected chi connectivity index (χ0v) is 17.3. The molecule has 2 aromatic rings. The fourth-order valence-corrected chi connectivity index (χ4v) is 3.63. The zero-order valence-electron chi connectivity index (χ0n) is 17.3. The Morgan fingerprint density at radius 2 is 1.93 bits per heavy atom. The van der Waals surface area contributed by atoms with Crippen molar-refractivity contribution in [2.24, 2.45) is 12.8 Å². The van der Waals surface area contributed by atoms with Crippen LogP contribution in [0.3, 0.4) is 0 Å². The largest absolute Gasteiger partial charge is 0.497 e. The molecule has 9 heteroatoms. The van der Waals surface area contributed by atoms with Crippen LogP contribution < -0.4 is 20.7 Å². The van der Waals surface area contributed by atoms with Gasteiger partial charge >= 0.3 is 0 Å². The van der Waals surface area contributed by atoms with Crippen LogP contribution in [-0.2, 0) is 16.6 Å². The molecule has 2 amide bonds. The smallest absolute Gasteiger partial charge is 0.238 e. The summed E-state index contributed by atoms with van der Waals surface area (Å²) in [6.45, 7) is 5.52. The van der Waals surface area contributed by atoms with Crippen LogP contribution >= 0.6 is 0 Å². The summed E-state index contributed by atoms with van der Waals surface area (Å²) in [6, 6.07) is 7.12. The van der Waals surface area contributed by atoms with Crippen LogP contribution in [0, 0.1) is 13.8 Å².